The van der Waals surface area contributed by atoms with Crippen molar-refractivity contribution in [3.05, 3.63) is 18.2 Å². The van der Waals surface area contributed by atoms with E-state index in [1.807, 2.05) is 10.8 Å². The molecule has 1 aliphatic rings. The number of rotatable bonds is 7. The summed E-state index contributed by atoms with van der Waals surface area (Å²) >= 11 is 0. The molecule has 100 valence electrons. The Hall–Kier alpha value is -1.36. The van der Waals surface area contributed by atoms with Gasteiger partial charge in [0.05, 0.1) is 12.0 Å². The lowest BCUT2D eigenvalue weighted by Gasteiger charge is -2.10. The van der Waals surface area contributed by atoms with E-state index < -0.39 is 0 Å². The van der Waals surface area contributed by atoms with E-state index in [-0.39, 0.29) is 5.91 Å². The molecule has 1 fully saturated rings. The van der Waals surface area contributed by atoms with Crippen LogP contribution in [-0.2, 0) is 17.9 Å². The molecule has 2 rings (SSSR count). The maximum atomic E-state index is 11.7. The first kappa shape index (κ1) is 13.1. The molecule has 0 saturated heterocycles. The maximum Gasteiger partial charge on any atom is 0.240 e. The summed E-state index contributed by atoms with van der Waals surface area (Å²) in [5.74, 6) is 0.708. The highest BCUT2D eigenvalue weighted by Crippen LogP contribution is 2.18. The predicted molar refractivity (Wildman–Crippen MR) is 69.9 cm³/mol. The summed E-state index contributed by atoms with van der Waals surface area (Å²) in [7, 11) is 0. The van der Waals surface area contributed by atoms with Crippen LogP contribution in [0.25, 0.3) is 0 Å². The number of hydrogen-bond donors (Lipinski definition) is 2. The van der Waals surface area contributed by atoms with Gasteiger partial charge in [0.2, 0.25) is 5.91 Å². The van der Waals surface area contributed by atoms with Crippen LogP contribution in [0.4, 0.5) is 0 Å². The summed E-state index contributed by atoms with van der Waals surface area (Å²) in [6.45, 7) is 6.45. The van der Waals surface area contributed by atoms with Crippen molar-refractivity contribution in [3.8, 4) is 0 Å². The Morgan fingerprint density at radius 2 is 2.33 bits per heavy atom. The zero-order valence-electron chi connectivity index (χ0n) is 11.1. The van der Waals surface area contributed by atoms with Gasteiger partial charge in [0, 0.05) is 18.8 Å². The number of imidazole rings is 1. The molecule has 0 aromatic carbocycles. The Labute approximate surface area is 108 Å². The van der Waals surface area contributed by atoms with Gasteiger partial charge in [-0.2, -0.15) is 0 Å². The van der Waals surface area contributed by atoms with Crippen LogP contribution < -0.4 is 10.6 Å². The first-order valence-electron chi connectivity index (χ1n) is 6.64. The normalized spacial score (nSPS) is 15.1. The van der Waals surface area contributed by atoms with Crippen LogP contribution in [0.3, 0.4) is 0 Å². The highest BCUT2D eigenvalue weighted by molar-refractivity contribution is 5.76. The Balaban J connectivity index is 1.80. The summed E-state index contributed by atoms with van der Waals surface area (Å²) in [5, 5.41) is 6.35. The van der Waals surface area contributed by atoms with Gasteiger partial charge in [-0.05, 0) is 25.3 Å². The standard InChI is InChI=1S/C13H22N4O/c1-10(2)5-14-6-12-7-15-9-17(12)8-13(18)16-11-3-4-11/h7,9-11,14H,3-6,8H2,1-2H3,(H,16,18). The molecule has 0 atom stereocenters. The summed E-state index contributed by atoms with van der Waals surface area (Å²) in [6.07, 6.45) is 5.79. The molecule has 5 nitrogen and oxygen atoms in total. The molecule has 0 spiro atoms. The van der Waals surface area contributed by atoms with E-state index >= 15 is 0 Å². The highest BCUT2D eigenvalue weighted by Gasteiger charge is 2.23. The van der Waals surface area contributed by atoms with Gasteiger partial charge in [-0.3, -0.25) is 4.79 Å². The van der Waals surface area contributed by atoms with Gasteiger partial charge >= 0.3 is 0 Å². The van der Waals surface area contributed by atoms with Crippen LogP contribution in [0.1, 0.15) is 32.4 Å². The quantitative estimate of drug-likeness (QED) is 0.756. The Morgan fingerprint density at radius 3 is 3.00 bits per heavy atom. The highest BCUT2D eigenvalue weighted by atomic mass is 16.2. The molecule has 2 N–H and O–H groups in total. The van der Waals surface area contributed by atoms with Gasteiger partial charge in [0.15, 0.2) is 0 Å². The van der Waals surface area contributed by atoms with Crippen molar-refractivity contribution in [1.29, 1.82) is 0 Å². The van der Waals surface area contributed by atoms with E-state index in [0.29, 0.717) is 18.5 Å². The molecule has 5 heteroatoms. The van der Waals surface area contributed by atoms with Crippen molar-refractivity contribution in [1.82, 2.24) is 20.2 Å². The summed E-state index contributed by atoms with van der Waals surface area (Å²) in [4.78, 5) is 15.8. The van der Waals surface area contributed by atoms with Gasteiger partial charge in [0.25, 0.3) is 0 Å². The van der Waals surface area contributed by atoms with E-state index in [9.17, 15) is 4.79 Å². The molecule has 1 amide bonds. The number of aromatic nitrogens is 2. The first-order chi connectivity index (χ1) is 8.65. The molecule has 0 aliphatic heterocycles. The third-order valence-corrected chi connectivity index (χ3v) is 2.91. The fourth-order valence-corrected chi connectivity index (χ4v) is 1.78. The molecular weight excluding hydrogens is 228 g/mol. The average molecular weight is 250 g/mol. The van der Waals surface area contributed by atoms with Gasteiger partial charge in [-0.1, -0.05) is 13.8 Å². The second-order valence-corrected chi connectivity index (χ2v) is 5.38. The number of nitrogens with one attached hydrogen (secondary N) is 2. The van der Waals surface area contributed by atoms with Crippen LogP contribution in [0.2, 0.25) is 0 Å². The number of hydrogen-bond acceptors (Lipinski definition) is 3. The Bertz CT molecular complexity index is 395. The molecule has 1 saturated carbocycles. The minimum absolute atomic E-state index is 0.0839. The van der Waals surface area contributed by atoms with Crippen LogP contribution in [-0.4, -0.2) is 28.0 Å². The number of carbonyl (C=O) groups excluding carboxylic acids is 1. The average Bonchev–Trinajstić information content (AvgIpc) is 2.99. The number of carbonyl (C=O) groups is 1. The Morgan fingerprint density at radius 1 is 1.56 bits per heavy atom. The lowest BCUT2D eigenvalue weighted by molar-refractivity contribution is -0.121. The molecule has 18 heavy (non-hydrogen) atoms. The van der Waals surface area contributed by atoms with E-state index in [1.165, 1.54) is 0 Å². The van der Waals surface area contributed by atoms with E-state index in [1.54, 1.807) is 6.33 Å². The summed E-state index contributed by atoms with van der Waals surface area (Å²) < 4.78 is 1.91. The Kier molecular flexibility index (Phi) is 4.36. The topological polar surface area (TPSA) is 59.0 Å². The van der Waals surface area contributed by atoms with E-state index in [0.717, 1.165) is 31.6 Å². The van der Waals surface area contributed by atoms with E-state index in [2.05, 4.69) is 29.5 Å². The van der Waals surface area contributed by atoms with Gasteiger partial charge < -0.3 is 15.2 Å². The lowest BCUT2D eigenvalue weighted by atomic mass is 10.2. The molecule has 1 aromatic heterocycles. The van der Waals surface area contributed by atoms with Crippen LogP contribution in [0.15, 0.2) is 12.5 Å². The zero-order valence-corrected chi connectivity index (χ0v) is 11.1. The second kappa shape index (κ2) is 6.00. The number of nitrogens with zero attached hydrogens (tertiary/aromatic N) is 2. The number of amides is 1. The fraction of sp³-hybridized carbons (Fsp3) is 0.692. The van der Waals surface area contributed by atoms with Crippen molar-refractivity contribution in [2.75, 3.05) is 6.54 Å². The van der Waals surface area contributed by atoms with Crippen molar-refractivity contribution in [2.45, 2.75) is 45.8 Å². The molecule has 0 radical (unpaired) electrons. The second-order valence-electron chi connectivity index (χ2n) is 5.38. The molecule has 0 unspecified atom stereocenters. The van der Waals surface area contributed by atoms with Crippen molar-refractivity contribution < 1.29 is 4.79 Å². The maximum absolute atomic E-state index is 11.7. The monoisotopic (exact) mass is 250 g/mol. The van der Waals surface area contributed by atoms with E-state index in [4.69, 9.17) is 0 Å². The van der Waals surface area contributed by atoms with Gasteiger partial charge in [-0.15, -0.1) is 0 Å². The minimum Gasteiger partial charge on any atom is -0.352 e. The zero-order chi connectivity index (χ0) is 13.0. The molecule has 1 aromatic rings. The van der Waals surface area contributed by atoms with Gasteiger partial charge in [-0.25, -0.2) is 4.98 Å². The van der Waals surface area contributed by atoms with Crippen LogP contribution >= 0.6 is 0 Å². The SMILES string of the molecule is CC(C)CNCc1cncn1CC(=O)NC1CC1. The predicted octanol–water partition coefficient (Wildman–Crippen LogP) is 0.907. The van der Waals surface area contributed by atoms with Crippen LogP contribution in [0, 0.1) is 5.92 Å². The summed E-state index contributed by atoms with van der Waals surface area (Å²) in [6, 6.07) is 0.420. The minimum atomic E-state index is 0.0839. The van der Waals surface area contributed by atoms with Crippen LogP contribution in [0.5, 0.6) is 0 Å². The lowest BCUT2D eigenvalue weighted by Crippen LogP contribution is -2.30. The van der Waals surface area contributed by atoms with Crippen molar-refractivity contribution in [2.24, 2.45) is 5.92 Å². The van der Waals surface area contributed by atoms with Crippen molar-refractivity contribution >= 4 is 5.91 Å². The molecule has 1 heterocycles. The molecule has 1 aliphatic carbocycles. The third kappa shape index (κ3) is 4.14. The largest absolute Gasteiger partial charge is 0.352 e. The summed E-state index contributed by atoms with van der Waals surface area (Å²) in [5.41, 5.74) is 1.06. The molecular formula is C13H22N4O. The first-order valence-corrected chi connectivity index (χ1v) is 6.64. The third-order valence-electron chi connectivity index (χ3n) is 2.91. The van der Waals surface area contributed by atoms with Gasteiger partial charge in [0.1, 0.15) is 6.54 Å². The molecule has 0 bridgehead atoms. The smallest absolute Gasteiger partial charge is 0.240 e. The van der Waals surface area contributed by atoms with Crippen molar-refractivity contribution in [3.63, 3.8) is 0 Å². The fourth-order valence-electron chi connectivity index (χ4n) is 1.78.